The first-order valence-electron chi connectivity index (χ1n) is 6.00. The summed E-state index contributed by atoms with van der Waals surface area (Å²) in [5, 5.41) is 7.19. The van der Waals surface area contributed by atoms with Crippen molar-refractivity contribution < 1.29 is 4.79 Å². The fraction of sp³-hybridized carbons (Fsp3) is 0.667. The number of nitrogens with one attached hydrogen (secondary N) is 1. The molecule has 1 aliphatic rings. The Morgan fingerprint density at radius 3 is 2.75 bits per heavy atom. The maximum absolute atomic E-state index is 10.9. The lowest BCUT2D eigenvalue weighted by Crippen LogP contribution is -2.16. The molecule has 0 atom stereocenters. The van der Waals surface area contributed by atoms with Gasteiger partial charge in [-0.3, -0.25) is 9.48 Å². The maximum atomic E-state index is 10.9. The first-order valence-corrected chi connectivity index (χ1v) is 6.00. The van der Waals surface area contributed by atoms with Crippen LogP contribution in [0.1, 0.15) is 50.8 Å². The van der Waals surface area contributed by atoms with Crippen LogP contribution in [0.2, 0.25) is 0 Å². The molecule has 0 aliphatic heterocycles. The van der Waals surface area contributed by atoms with Gasteiger partial charge in [0.15, 0.2) is 5.82 Å². The van der Waals surface area contributed by atoms with Crippen LogP contribution in [0.25, 0.3) is 0 Å². The molecule has 4 nitrogen and oxygen atoms in total. The Hall–Kier alpha value is -1.32. The summed E-state index contributed by atoms with van der Waals surface area (Å²) in [6.07, 6.45) is 6.35. The number of carbonyl (C=O) groups is 1. The summed E-state index contributed by atoms with van der Waals surface area (Å²) in [7, 11) is 0. The number of rotatable bonds is 2. The summed E-state index contributed by atoms with van der Waals surface area (Å²) in [6, 6.07) is 2.46. The first kappa shape index (κ1) is 11.2. The van der Waals surface area contributed by atoms with E-state index in [1.165, 1.54) is 39.0 Å². The summed E-state index contributed by atoms with van der Waals surface area (Å²) >= 11 is 0. The number of amides is 1. The summed E-state index contributed by atoms with van der Waals surface area (Å²) in [5.41, 5.74) is 1.13. The lowest BCUT2D eigenvalue weighted by atomic mass is 9.95. The molecule has 0 spiro atoms. The highest BCUT2D eigenvalue weighted by molar-refractivity contribution is 5.87. The van der Waals surface area contributed by atoms with E-state index in [9.17, 15) is 4.79 Å². The highest BCUT2D eigenvalue weighted by Gasteiger charge is 2.18. The van der Waals surface area contributed by atoms with Crippen molar-refractivity contribution in [1.82, 2.24) is 9.78 Å². The second kappa shape index (κ2) is 4.68. The van der Waals surface area contributed by atoms with Gasteiger partial charge in [-0.2, -0.15) is 5.10 Å². The molecule has 1 aromatic heterocycles. The van der Waals surface area contributed by atoms with Crippen molar-refractivity contribution in [3.05, 3.63) is 11.8 Å². The third-order valence-corrected chi connectivity index (χ3v) is 3.15. The molecule has 0 radical (unpaired) electrons. The number of nitrogens with zero attached hydrogens (tertiary/aromatic N) is 2. The van der Waals surface area contributed by atoms with Crippen LogP contribution < -0.4 is 5.32 Å². The third-order valence-electron chi connectivity index (χ3n) is 3.15. The molecule has 1 aliphatic carbocycles. The number of hydrogen-bond donors (Lipinski definition) is 1. The minimum absolute atomic E-state index is 0.0618. The van der Waals surface area contributed by atoms with E-state index in [2.05, 4.69) is 15.1 Å². The standard InChI is InChI=1S/C12H19N3O/c1-9-8-12(13-10(2)16)14-15(9)11-6-4-3-5-7-11/h8,11H,3-7H2,1-2H3,(H,13,14,16). The summed E-state index contributed by atoms with van der Waals surface area (Å²) in [6.45, 7) is 3.56. The maximum Gasteiger partial charge on any atom is 0.222 e. The molecule has 0 bridgehead atoms. The largest absolute Gasteiger partial charge is 0.309 e. The van der Waals surface area contributed by atoms with Crippen molar-refractivity contribution in [2.24, 2.45) is 0 Å². The fourth-order valence-corrected chi connectivity index (χ4v) is 2.42. The Morgan fingerprint density at radius 2 is 2.12 bits per heavy atom. The van der Waals surface area contributed by atoms with Gasteiger partial charge in [-0.1, -0.05) is 19.3 Å². The Labute approximate surface area is 96.0 Å². The molecule has 1 amide bonds. The average Bonchev–Trinajstić information content (AvgIpc) is 2.60. The monoisotopic (exact) mass is 221 g/mol. The first-order chi connectivity index (χ1) is 7.66. The zero-order valence-electron chi connectivity index (χ0n) is 9.99. The molecule has 0 saturated heterocycles. The zero-order valence-corrected chi connectivity index (χ0v) is 9.99. The van der Waals surface area contributed by atoms with Gasteiger partial charge in [0.05, 0.1) is 6.04 Å². The molecular formula is C12H19N3O. The number of hydrogen-bond acceptors (Lipinski definition) is 2. The highest BCUT2D eigenvalue weighted by atomic mass is 16.1. The van der Waals surface area contributed by atoms with E-state index in [0.717, 1.165) is 5.69 Å². The van der Waals surface area contributed by atoms with Crippen LogP contribution in [0.4, 0.5) is 5.82 Å². The molecular weight excluding hydrogens is 202 g/mol. The van der Waals surface area contributed by atoms with Crippen molar-refractivity contribution >= 4 is 11.7 Å². The van der Waals surface area contributed by atoms with Gasteiger partial charge in [0.2, 0.25) is 5.91 Å². The van der Waals surface area contributed by atoms with Crippen LogP contribution in [0.3, 0.4) is 0 Å². The number of carbonyl (C=O) groups excluding carboxylic acids is 1. The quantitative estimate of drug-likeness (QED) is 0.834. The van der Waals surface area contributed by atoms with Gasteiger partial charge < -0.3 is 5.32 Å². The number of anilines is 1. The van der Waals surface area contributed by atoms with Crippen molar-refractivity contribution in [2.75, 3.05) is 5.32 Å². The molecule has 88 valence electrons. The Kier molecular flexibility index (Phi) is 3.27. The molecule has 2 rings (SSSR count). The van der Waals surface area contributed by atoms with Crippen LogP contribution in [-0.4, -0.2) is 15.7 Å². The molecule has 4 heteroatoms. The van der Waals surface area contributed by atoms with Crippen LogP contribution in [0.15, 0.2) is 6.07 Å². The van der Waals surface area contributed by atoms with E-state index in [1.54, 1.807) is 0 Å². The van der Waals surface area contributed by atoms with Gasteiger partial charge in [0, 0.05) is 18.7 Å². The van der Waals surface area contributed by atoms with E-state index in [0.29, 0.717) is 11.9 Å². The number of aromatic nitrogens is 2. The van der Waals surface area contributed by atoms with E-state index in [4.69, 9.17) is 0 Å². The van der Waals surface area contributed by atoms with E-state index in [1.807, 2.05) is 13.0 Å². The second-order valence-corrected chi connectivity index (χ2v) is 4.59. The third kappa shape index (κ3) is 2.43. The summed E-state index contributed by atoms with van der Waals surface area (Å²) in [5.74, 6) is 0.615. The zero-order chi connectivity index (χ0) is 11.5. The smallest absolute Gasteiger partial charge is 0.222 e. The average molecular weight is 221 g/mol. The Morgan fingerprint density at radius 1 is 1.44 bits per heavy atom. The minimum Gasteiger partial charge on any atom is -0.309 e. The normalized spacial score (nSPS) is 17.4. The molecule has 1 aromatic rings. The lowest BCUT2D eigenvalue weighted by molar-refractivity contribution is -0.114. The number of aryl methyl sites for hydroxylation is 1. The van der Waals surface area contributed by atoms with Crippen LogP contribution in [0, 0.1) is 6.92 Å². The molecule has 16 heavy (non-hydrogen) atoms. The Balaban J connectivity index is 2.13. The van der Waals surface area contributed by atoms with Crippen LogP contribution in [-0.2, 0) is 4.79 Å². The van der Waals surface area contributed by atoms with Crippen molar-refractivity contribution in [2.45, 2.75) is 52.0 Å². The topological polar surface area (TPSA) is 46.9 Å². The molecule has 1 fully saturated rings. The predicted molar refractivity (Wildman–Crippen MR) is 63.4 cm³/mol. The predicted octanol–water partition coefficient (Wildman–Crippen LogP) is 2.66. The summed E-state index contributed by atoms with van der Waals surface area (Å²) < 4.78 is 2.07. The highest BCUT2D eigenvalue weighted by Crippen LogP contribution is 2.29. The van der Waals surface area contributed by atoms with Crippen LogP contribution >= 0.6 is 0 Å². The molecule has 1 saturated carbocycles. The van der Waals surface area contributed by atoms with E-state index >= 15 is 0 Å². The van der Waals surface area contributed by atoms with E-state index < -0.39 is 0 Å². The van der Waals surface area contributed by atoms with Crippen molar-refractivity contribution in [1.29, 1.82) is 0 Å². The second-order valence-electron chi connectivity index (χ2n) is 4.59. The SMILES string of the molecule is CC(=O)Nc1cc(C)n(C2CCCCC2)n1. The van der Waals surface area contributed by atoms with Gasteiger partial charge in [-0.25, -0.2) is 0 Å². The van der Waals surface area contributed by atoms with Crippen LogP contribution in [0.5, 0.6) is 0 Å². The van der Waals surface area contributed by atoms with E-state index in [-0.39, 0.29) is 5.91 Å². The molecule has 0 aromatic carbocycles. The fourth-order valence-electron chi connectivity index (χ4n) is 2.42. The molecule has 1 N–H and O–H groups in total. The molecule has 0 unspecified atom stereocenters. The van der Waals surface area contributed by atoms with Gasteiger partial charge in [0.1, 0.15) is 0 Å². The van der Waals surface area contributed by atoms with Gasteiger partial charge in [-0.15, -0.1) is 0 Å². The van der Waals surface area contributed by atoms with Gasteiger partial charge >= 0.3 is 0 Å². The summed E-state index contributed by atoms with van der Waals surface area (Å²) in [4.78, 5) is 10.9. The van der Waals surface area contributed by atoms with Crippen molar-refractivity contribution in [3.63, 3.8) is 0 Å². The Bertz CT molecular complexity index is 378. The van der Waals surface area contributed by atoms with Gasteiger partial charge in [0.25, 0.3) is 0 Å². The molecule has 1 heterocycles. The van der Waals surface area contributed by atoms with Crippen molar-refractivity contribution in [3.8, 4) is 0 Å². The minimum atomic E-state index is -0.0618. The lowest BCUT2D eigenvalue weighted by Gasteiger charge is -2.23. The van der Waals surface area contributed by atoms with Gasteiger partial charge in [-0.05, 0) is 19.8 Å².